The van der Waals surface area contributed by atoms with Crippen molar-refractivity contribution in [1.29, 1.82) is 0 Å². The molecule has 0 spiro atoms. The number of carbonyl (C=O) groups is 1. The van der Waals surface area contributed by atoms with Crippen molar-refractivity contribution in [2.24, 2.45) is 18.9 Å². The van der Waals surface area contributed by atoms with E-state index in [4.69, 9.17) is 4.98 Å². The number of fused-ring (bicyclic) bond motifs is 2. The molecule has 7 heteroatoms. The van der Waals surface area contributed by atoms with Crippen molar-refractivity contribution in [2.75, 3.05) is 31.1 Å². The quantitative estimate of drug-likeness (QED) is 0.806. The monoisotopic (exact) mass is 366 g/mol. The van der Waals surface area contributed by atoms with Gasteiger partial charge in [-0.05, 0) is 39.2 Å². The van der Waals surface area contributed by atoms with Crippen LogP contribution in [0.25, 0.3) is 0 Å². The van der Waals surface area contributed by atoms with Gasteiger partial charge in [0.15, 0.2) is 5.69 Å². The molecule has 142 valence electrons. The predicted octanol–water partition coefficient (Wildman–Crippen LogP) is 1.52. The topological polar surface area (TPSA) is 67.2 Å². The van der Waals surface area contributed by atoms with Crippen molar-refractivity contribution in [2.45, 2.75) is 33.1 Å². The van der Waals surface area contributed by atoms with Gasteiger partial charge in [-0.1, -0.05) is 0 Å². The van der Waals surface area contributed by atoms with Crippen LogP contribution < -0.4 is 4.90 Å². The van der Waals surface area contributed by atoms with Gasteiger partial charge in [-0.15, -0.1) is 0 Å². The Morgan fingerprint density at radius 1 is 1.07 bits per heavy atom. The lowest BCUT2D eigenvalue weighted by molar-refractivity contribution is 0.0776. The van der Waals surface area contributed by atoms with Crippen LogP contribution in [0.5, 0.6) is 0 Å². The van der Waals surface area contributed by atoms with E-state index in [2.05, 4.69) is 15.0 Å². The van der Waals surface area contributed by atoms with Crippen molar-refractivity contribution >= 4 is 11.7 Å². The largest absolute Gasteiger partial charge is 0.356 e. The zero-order chi connectivity index (χ0) is 18.7. The summed E-state index contributed by atoms with van der Waals surface area (Å²) in [6, 6.07) is 1.88. The molecule has 1 amide bonds. The van der Waals surface area contributed by atoms with Gasteiger partial charge in [-0.2, -0.15) is 5.10 Å². The molecule has 1 aliphatic carbocycles. The first kappa shape index (κ1) is 16.7. The second-order valence-corrected chi connectivity index (χ2v) is 8.30. The average Bonchev–Trinajstić information content (AvgIpc) is 3.37. The number of aromatic nitrogens is 4. The fourth-order valence-corrected chi connectivity index (χ4v) is 4.95. The van der Waals surface area contributed by atoms with Crippen LogP contribution in [0.2, 0.25) is 0 Å². The summed E-state index contributed by atoms with van der Waals surface area (Å²) in [6.45, 7) is 7.58. The molecule has 5 rings (SSSR count). The summed E-state index contributed by atoms with van der Waals surface area (Å²) in [5, 5.41) is 4.36. The van der Waals surface area contributed by atoms with Crippen LogP contribution in [0.1, 0.15) is 39.7 Å². The van der Waals surface area contributed by atoms with Crippen LogP contribution in [0.15, 0.2) is 6.07 Å². The van der Waals surface area contributed by atoms with E-state index < -0.39 is 0 Å². The Morgan fingerprint density at radius 3 is 2.48 bits per heavy atom. The van der Waals surface area contributed by atoms with E-state index in [1.54, 1.807) is 4.68 Å². The van der Waals surface area contributed by atoms with Gasteiger partial charge in [0, 0.05) is 62.0 Å². The third-order valence-electron chi connectivity index (χ3n) is 6.43. The second kappa shape index (κ2) is 6.04. The Hall–Kier alpha value is -2.44. The van der Waals surface area contributed by atoms with E-state index in [0.29, 0.717) is 17.5 Å². The minimum absolute atomic E-state index is 0.0680. The summed E-state index contributed by atoms with van der Waals surface area (Å²) in [5.41, 5.74) is 4.18. The van der Waals surface area contributed by atoms with Gasteiger partial charge in [0.2, 0.25) is 0 Å². The third kappa shape index (κ3) is 2.71. The first-order valence-corrected chi connectivity index (χ1v) is 9.91. The maximum absolute atomic E-state index is 12.8. The van der Waals surface area contributed by atoms with E-state index in [1.807, 2.05) is 31.9 Å². The lowest BCUT2D eigenvalue weighted by Crippen LogP contribution is -2.34. The number of nitrogens with zero attached hydrogens (tertiary/aromatic N) is 6. The SMILES string of the molecule is Cc1nc2c(c(N3CC4CN(C(=O)c5cc(C)n(C)n5)CC4C3)n1)CCC2. The van der Waals surface area contributed by atoms with Gasteiger partial charge < -0.3 is 9.80 Å². The molecule has 4 heterocycles. The Labute approximate surface area is 159 Å². The Balaban J connectivity index is 1.31. The average molecular weight is 366 g/mol. The molecule has 2 aromatic heterocycles. The number of rotatable bonds is 2. The minimum Gasteiger partial charge on any atom is -0.356 e. The standard InChI is InChI=1S/C20H26N6O/c1-12-7-18(23-24(12)3)20(27)26-10-14-8-25(9-15(14)11-26)19-16-5-4-6-17(16)21-13(2)22-19/h7,14-15H,4-6,8-11H2,1-3H3. The van der Waals surface area contributed by atoms with Crippen LogP contribution >= 0.6 is 0 Å². The number of carbonyl (C=O) groups excluding carboxylic acids is 1. The maximum atomic E-state index is 12.8. The Bertz CT molecular complexity index is 886. The number of aryl methyl sites for hydroxylation is 4. The number of likely N-dealkylation sites (tertiary alicyclic amines) is 1. The molecular formula is C20H26N6O. The molecular weight excluding hydrogens is 340 g/mol. The molecule has 0 radical (unpaired) electrons. The maximum Gasteiger partial charge on any atom is 0.274 e. The van der Waals surface area contributed by atoms with Gasteiger partial charge in [0.1, 0.15) is 11.6 Å². The van der Waals surface area contributed by atoms with Crippen LogP contribution in [0.4, 0.5) is 5.82 Å². The molecule has 3 aliphatic rings. The summed E-state index contributed by atoms with van der Waals surface area (Å²) in [6.07, 6.45) is 3.37. The number of hydrogen-bond donors (Lipinski definition) is 0. The lowest BCUT2D eigenvalue weighted by atomic mass is 10.0. The molecule has 2 aromatic rings. The van der Waals surface area contributed by atoms with Gasteiger partial charge in [0.05, 0.1) is 0 Å². The molecule has 2 unspecified atom stereocenters. The minimum atomic E-state index is 0.0680. The van der Waals surface area contributed by atoms with Crippen molar-refractivity contribution in [3.63, 3.8) is 0 Å². The van der Waals surface area contributed by atoms with E-state index in [1.165, 1.54) is 17.7 Å². The first-order chi connectivity index (χ1) is 13.0. The van der Waals surface area contributed by atoms with Crippen LogP contribution in [0, 0.1) is 25.7 Å². The Morgan fingerprint density at radius 2 is 1.81 bits per heavy atom. The Kier molecular flexibility index (Phi) is 3.74. The second-order valence-electron chi connectivity index (χ2n) is 8.30. The molecule has 2 saturated heterocycles. The van der Waals surface area contributed by atoms with Crippen molar-refractivity contribution in [3.05, 3.63) is 34.5 Å². The van der Waals surface area contributed by atoms with E-state index in [-0.39, 0.29) is 5.91 Å². The van der Waals surface area contributed by atoms with Gasteiger partial charge in [-0.25, -0.2) is 9.97 Å². The zero-order valence-corrected chi connectivity index (χ0v) is 16.3. The van der Waals surface area contributed by atoms with Crippen LogP contribution in [0.3, 0.4) is 0 Å². The normalized spacial score (nSPS) is 23.8. The summed E-state index contributed by atoms with van der Waals surface area (Å²) >= 11 is 0. The fourth-order valence-electron chi connectivity index (χ4n) is 4.95. The van der Waals surface area contributed by atoms with E-state index in [0.717, 1.165) is 56.4 Å². The zero-order valence-electron chi connectivity index (χ0n) is 16.3. The van der Waals surface area contributed by atoms with E-state index in [9.17, 15) is 4.79 Å². The summed E-state index contributed by atoms with van der Waals surface area (Å²) < 4.78 is 1.77. The highest BCUT2D eigenvalue weighted by molar-refractivity contribution is 5.92. The highest BCUT2D eigenvalue weighted by Gasteiger charge is 2.43. The summed E-state index contributed by atoms with van der Waals surface area (Å²) in [7, 11) is 1.88. The first-order valence-electron chi connectivity index (χ1n) is 9.91. The number of hydrogen-bond acceptors (Lipinski definition) is 5. The molecule has 0 aromatic carbocycles. The predicted molar refractivity (Wildman–Crippen MR) is 102 cm³/mol. The lowest BCUT2D eigenvalue weighted by Gasteiger charge is -2.24. The van der Waals surface area contributed by atoms with Crippen LogP contribution in [-0.2, 0) is 19.9 Å². The smallest absolute Gasteiger partial charge is 0.274 e. The van der Waals surface area contributed by atoms with Crippen LogP contribution in [-0.4, -0.2) is 56.7 Å². The molecule has 7 nitrogen and oxygen atoms in total. The number of anilines is 1. The van der Waals surface area contributed by atoms with Gasteiger partial charge >= 0.3 is 0 Å². The van der Waals surface area contributed by atoms with Crippen molar-refractivity contribution in [3.8, 4) is 0 Å². The molecule has 2 aliphatic heterocycles. The molecule has 2 atom stereocenters. The number of amides is 1. The van der Waals surface area contributed by atoms with Crippen molar-refractivity contribution < 1.29 is 4.79 Å². The molecule has 0 saturated carbocycles. The molecule has 2 fully saturated rings. The molecule has 27 heavy (non-hydrogen) atoms. The molecule has 0 bridgehead atoms. The van der Waals surface area contributed by atoms with Gasteiger partial charge in [-0.3, -0.25) is 9.48 Å². The summed E-state index contributed by atoms with van der Waals surface area (Å²) in [4.78, 5) is 26.7. The highest BCUT2D eigenvalue weighted by atomic mass is 16.2. The summed E-state index contributed by atoms with van der Waals surface area (Å²) in [5.74, 6) is 3.14. The van der Waals surface area contributed by atoms with E-state index >= 15 is 0 Å². The molecule has 0 N–H and O–H groups in total. The third-order valence-corrected chi connectivity index (χ3v) is 6.43. The van der Waals surface area contributed by atoms with Gasteiger partial charge in [0.25, 0.3) is 5.91 Å². The highest BCUT2D eigenvalue weighted by Crippen LogP contribution is 2.37. The fraction of sp³-hybridized carbons (Fsp3) is 0.600. The van der Waals surface area contributed by atoms with Crippen molar-refractivity contribution in [1.82, 2.24) is 24.6 Å².